The number of likely N-dealkylation sites (tertiary alicyclic amines) is 1. The Balaban J connectivity index is 1.62. The molecular formula is C17H33N3O3S. The fourth-order valence-corrected chi connectivity index (χ4v) is 4.96. The molecule has 2 aliphatic rings. The van der Waals surface area contributed by atoms with Gasteiger partial charge in [0.2, 0.25) is 15.9 Å². The summed E-state index contributed by atoms with van der Waals surface area (Å²) >= 11 is 0. The zero-order chi connectivity index (χ0) is 17.7. The summed E-state index contributed by atoms with van der Waals surface area (Å²) in [6, 6.07) is 0. The Hall–Kier alpha value is -0.660. The monoisotopic (exact) mass is 359 g/mol. The van der Waals surface area contributed by atoms with E-state index in [2.05, 4.69) is 24.1 Å². The van der Waals surface area contributed by atoms with Crippen LogP contribution in [0.25, 0.3) is 0 Å². The van der Waals surface area contributed by atoms with Gasteiger partial charge in [0.1, 0.15) is 0 Å². The number of nitrogens with zero attached hydrogens (tertiary/aromatic N) is 2. The third-order valence-corrected chi connectivity index (χ3v) is 6.49. The lowest BCUT2D eigenvalue weighted by atomic mass is 9.92. The first kappa shape index (κ1) is 19.7. The molecular weight excluding hydrogens is 326 g/mol. The Morgan fingerprint density at radius 2 is 1.71 bits per heavy atom. The second-order valence-electron chi connectivity index (χ2n) is 7.79. The molecule has 6 nitrogen and oxygen atoms in total. The van der Waals surface area contributed by atoms with Gasteiger partial charge in [0.15, 0.2) is 0 Å². The lowest BCUT2D eigenvalue weighted by Gasteiger charge is -2.35. The van der Waals surface area contributed by atoms with Crippen molar-refractivity contribution in [1.29, 1.82) is 0 Å². The maximum absolute atomic E-state index is 12.2. The molecule has 1 N–H and O–H groups in total. The van der Waals surface area contributed by atoms with Crippen LogP contribution in [0, 0.1) is 17.8 Å². The molecule has 0 aromatic rings. The maximum atomic E-state index is 12.2. The van der Waals surface area contributed by atoms with E-state index < -0.39 is 10.0 Å². The first-order valence-corrected chi connectivity index (χ1v) is 11.1. The van der Waals surface area contributed by atoms with Crippen LogP contribution >= 0.6 is 0 Å². The molecule has 0 radical (unpaired) electrons. The third kappa shape index (κ3) is 6.01. The lowest BCUT2D eigenvalue weighted by Crippen LogP contribution is -2.43. The SMILES string of the molecule is CC1CC(C)CN(CCCNC(=O)C2CCN(S(C)(=O)=O)CC2)C1. The Labute approximate surface area is 147 Å². The van der Waals surface area contributed by atoms with Gasteiger partial charge >= 0.3 is 0 Å². The van der Waals surface area contributed by atoms with Crippen molar-refractivity contribution in [3.8, 4) is 0 Å². The molecule has 2 atom stereocenters. The quantitative estimate of drug-likeness (QED) is 0.722. The van der Waals surface area contributed by atoms with E-state index in [-0.39, 0.29) is 11.8 Å². The summed E-state index contributed by atoms with van der Waals surface area (Å²) in [6.45, 7) is 9.64. The summed E-state index contributed by atoms with van der Waals surface area (Å²) in [5.74, 6) is 1.58. The van der Waals surface area contributed by atoms with Gasteiger partial charge in [0.05, 0.1) is 6.26 Å². The van der Waals surface area contributed by atoms with E-state index in [0.29, 0.717) is 32.5 Å². The van der Waals surface area contributed by atoms with Crippen molar-refractivity contribution in [3.05, 3.63) is 0 Å². The lowest BCUT2D eigenvalue weighted by molar-refractivity contribution is -0.126. The van der Waals surface area contributed by atoms with Gasteiger partial charge in [0, 0.05) is 38.6 Å². The van der Waals surface area contributed by atoms with Crippen molar-refractivity contribution < 1.29 is 13.2 Å². The fourth-order valence-electron chi connectivity index (χ4n) is 4.08. The van der Waals surface area contributed by atoms with E-state index >= 15 is 0 Å². The van der Waals surface area contributed by atoms with Crippen LogP contribution < -0.4 is 5.32 Å². The molecule has 2 fully saturated rings. The van der Waals surface area contributed by atoms with Crippen LogP contribution in [0.3, 0.4) is 0 Å². The minimum Gasteiger partial charge on any atom is -0.356 e. The number of sulfonamides is 1. The van der Waals surface area contributed by atoms with Crippen molar-refractivity contribution in [2.75, 3.05) is 45.5 Å². The average Bonchev–Trinajstić information content (AvgIpc) is 2.50. The molecule has 0 saturated carbocycles. The smallest absolute Gasteiger partial charge is 0.223 e. The molecule has 2 saturated heterocycles. The fraction of sp³-hybridized carbons (Fsp3) is 0.941. The van der Waals surface area contributed by atoms with Gasteiger partial charge in [-0.05, 0) is 44.1 Å². The average molecular weight is 360 g/mol. The highest BCUT2D eigenvalue weighted by Crippen LogP contribution is 2.21. The van der Waals surface area contributed by atoms with E-state index in [1.165, 1.54) is 30.1 Å². The van der Waals surface area contributed by atoms with Crippen LogP contribution in [0.1, 0.15) is 39.5 Å². The van der Waals surface area contributed by atoms with E-state index in [4.69, 9.17) is 0 Å². The molecule has 0 aromatic carbocycles. The van der Waals surface area contributed by atoms with Crippen molar-refractivity contribution in [3.63, 3.8) is 0 Å². The number of hydrogen-bond acceptors (Lipinski definition) is 4. The second kappa shape index (κ2) is 8.63. The van der Waals surface area contributed by atoms with Gasteiger partial charge in [-0.15, -0.1) is 0 Å². The predicted molar refractivity (Wildman–Crippen MR) is 96.2 cm³/mol. The van der Waals surface area contributed by atoms with Crippen molar-refractivity contribution in [2.24, 2.45) is 17.8 Å². The number of carbonyl (C=O) groups is 1. The van der Waals surface area contributed by atoms with E-state index in [0.717, 1.165) is 24.8 Å². The van der Waals surface area contributed by atoms with E-state index in [1.54, 1.807) is 0 Å². The topological polar surface area (TPSA) is 69.7 Å². The Kier molecular flexibility index (Phi) is 7.07. The molecule has 2 aliphatic heterocycles. The minimum atomic E-state index is -3.12. The number of rotatable bonds is 6. The normalized spacial score (nSPS) is 28.0. The molecule has 7 heteroatoms. The Morgan fingerprint density at radius 3 is 2.25 bits per heavy atom. The Bertz CT molecular complexity index is 505. The van der Waals surface area contributed by atoms with Gasteiger partial charge in [-0.1, -0.05) is 13.8 Å². The molecule has 0 spiro atoms. The van der Waals surface area contributed by atoms with Crippen LogP contribution in [0.15, 0.2) is 0 Å². The molecule has 0 aromatic heterocycles. The van der Waals surface area contributed by atoms with Crippen LogP contribution in [-0.4, -0.2) is 69.1 Å². The van der Waals surface area contributed by atoms with E-state index in [1.807, 2.05) is 0 Å². The van der Waals surface area contributed by atoms with Crippen LogP contribution in [0.5, 0.6) is 0 Å². The minimum absolute atomic E-state index is 0.0435. The summed E-state index contributed by atoms with van der Waals surface area (Å²) < 4.78 is 24.4. The molecule has 0 aliphatic carbocycles. The van der Waals surface area contributed by atoms with Gasteiger partial charge in [-0.3, -0.25) is 4.79 Å². The largest absolute Gasteiger partial charge is 0.356 e. The van der Waals surface area contributed by atoms with Crippen molar-refractivity contribution in [1.82, 2.24) is 14.5 Å². The third-order valence-electron chi connectivity index (χ3n) is 5.19. The van der Waals surface area contributed by atoms with Crippen LogP contribution in [0.2, 0.25) is 0 Å². The predicted octanol–water partition coefficient (Wildman–Crippen LogP) is 1.14. The molecule has 24 heavy (non-hydrogen) atoms. The second-order valence-corrected chi connectivity index (χ2v) is 9.77. The van der Waals surface area contributed by atoms with Gasteiger partial charge < -0.3 is 10.2 Å². The first-order valence-electron chi connectivity index (χ1n) is 9.21. The zero-order valence-corrected chi connectivity index (χ0v) is 16.1. The summed E-state index contributed by atoms with van der Waals surface area (Å²) in [7, 11) is -3.12. The Morgan fingerprint density at radius 1 is 1.12 bits per heavy atom. The number of carbonyl (C=O) groups excluding carboxylic acids is 1. The zero-order valence-electron chi connectivity index (χ0n) is 15.3. The number of amides is 1. The molecule has 2 heterocycles. The highest BCUT2D eigenvalue weighted by atomic mass is 32.2. The summed E-state index contributed by atoms with van der Waals surface area (Å²) in [4.78, 5) is 14.7. The molecule has 0 bridgehead atoms. The van der Waals surface area contributed by atoms with Crippen LogP contribution in [-0.2, 0) is 14.8 Å². The van der Waals surface area contributed by atoms with Crippen molar-refractivity contribution in [2.45, 2.75) is 39.5 Å². The first-order chi connectivity index (χ1) is 11.3. The summed E-state index contributed by atoms with van der Waals surface area (Å²) in [6.07, 6.45) is 4.78. The summed E-state index contributed by atoms with van der Waals surface area (Å²) in [5.41, 5.74) is 0. The standard InChI is InChI=1S/C17H33N3O3S/c1-14-11-15(2)13-19(12-14)8-4-7-18-17(21)16-5-9-20(10-6-16)24(3,22)23/h14-16H,4-13H2,1-3H3,(H,18,21). The highest BCUT2D eigenvalue weighted by molar-refractivity contribution is 7.88. The molecule has 2 rings (SSSR count). The molecule has 1 amide bonds. The van der Waals surface area contributed by atoms with Gasteiger partial charge in [-0.25, -0.2) is 12.7 Å². The van der Waals surface area contributed by atoms with Crippen molar-refractivity contribution >= 4 is 15.9 Å². The number of piperidine rings is 2. The highest BCUT2D eigenvalue weighted by Gasteiger charge is 2.28. The molecule has 140 valence electrons. The van der Waals surface area contributed by atoms with E-state index in [9.17, 15) is 13.2 Å². The molecule has 2 unspecified atom stereocenters. The summed E-state index contributed by atoms with van der Waals surface area (Å²) in [5, 5.41) is 3.03. The maximum Gasteiger partial charge on any atom is 0.223 e. The van der Waals surface area contributed by atoms with Crippen LogP contribution in [0.4, 0.5) is 0 Å². The number of hydrogen-bond donors (Lipinski definition) is 1. The van der Waals surface area contributed by atoms with Gasteiger partial charge in [-0.2, -0.15) is 0 Å². The number of nitrogens with one attached hydrogen (secondary N) is 1. The van der Waals surface area contributed by atoms with Gasteiger partial charge in [0.25, 0.3) is 0 Å².